The van der Waals surface area contributed by atoms with Gasteiger partial charge >= 0.3 is 0 Å². The molecule has 2 unspecified atom stereocenters. The minimum absolute atomic E-state index is 0.180. The second kappa shape index (κ2) is 9.02. The Labute approximate surface area is 167 Å². The number of Topliss-reactive ketones (excluding diaryl/α,β-unsaturated/α-hetero) is 1. The molecule has 0 amide bonds. The third-order valence-corrected chi connectivity index (χ3v) is 5.90. The van der Waals surface area contributed by atoms with Crippen molar-refractivity contribution < 1.29 is 4.79 Å². The summed E-state index contributed by atoms with van der Waals surface area (Å²) >= 11 is 1.45. The third kappa shape index (κ3) is 5.66. The van der Waals surface area contributed by atoms with Crippen LogP contribution in [0.5, 0.6) is 0 Å². The zero-order chi connectivity index (χ0) is 20.2. The van der Waals surface area contributed by atoms with Crippen LogP contribution in [0.25, 0.3) is 0 Å². The summed E-state index contributed by atoms with van der Waals surface area (Å²) in [5.74, 6) is 1.68. The fourth-order valence-electron chi connectivity index (χ4n) is 2.53. The average molecular weight is 389 g/mol. The van der Waals surface area contributed by atoms with E-state index in [1.165, 1.54) is 22.9 Å². The Bertz CT molecular complexity index is 761. The van der Waals surface area contributed by atoms with Crippen LogP contribution in [0.2, 0.25) is 0 Å². The van der Waals surface area contributed by atoms with Gasteiger partial charge in [0.15, 0.2) is 11.0 Å². The first kappa shape index (κ1) is 21.6. The van der Waals surface area contributed by atoms with E-state index in [1.54, 1.807) is 0 Å². The van der Waals surface area contributed by atoms with Gasteiger partial charge in [0.2, 0.25) is 0 Å². The Morgan fingerprint density at radius 1 is 1.22 bits per heavy atom. The molecule has 6 heteroatoms. The minimum Gasteiger partial charge on any atom is -0.321 e. The van der Waals surface area contributed by atoms with Crippen LogP contribution < -0.4 is 5.73 Å². The predicted molar refractivity (Wildman–Crippen MR) is 112 cm³/mol. The molecule has 0 fully saturated rings. The molecule has 27 heavy (non-hydrogen) atoms. The Kier molecular flexibility index (Phi) is 7.23. The van der Waals surface area contributed by atoms with E-state index in [0.717, 1.165) is 17.4 Å². The number of aromatic nitrogens is 3. The second-order valence-electron chi connectivity index (χ2n) is 8.29. The number of nitrogens with two attached hydrogens (primary N) is 1. The molecule has 0 spiro atoms. The molecule has 0 saturated carbocycles. The van der Waals surface area contributed by atoms with Crippen molar-refractivity contribution in [2.45, 2.75) is 65.7 Å². The molecule has 0 radical (unpaired) electrons. The fraction of sp³-hybridized carbons (Fsp3) is 0.571. The fourth-order valence-corrected chi connectivity index (χ4v) is 3.64. The van der Waals surface area contributed by atoms with Crippen molar-refractivity contribution in [3.8, 4) is 0 Å². The molecule has 1 aromatic carbocycles. The molecule has 1 aromatic heterocycles. The highest BCUT2D eigenvalue weighted by Crippen LogP contribution is 2.27. The van der Waals surface area contributed by atoms with Crippen molar-refractivity contribution in [1.82, 2.24) is 14.8 Å². The maximum absolute atomic E-state index is 12.3. The van der Waals surface area contributed by atoms with Gasteiger partial charge in [0.05, 0.1) is 18.3 Å². The quantitative estimate of drug-likeness (QED) is 0.679. The summed E-state index contributed by atoms with van der Waals surface area (Å²) in [6.07, 6.45) is 0.976. The van der Waals surface area contributed by atoms with Crippen LogP contribution in [0.4, 0.5) is 0 Å². The summed E-state index contributed by atoms with van der Waals surface area (Å²) in [6, 6.07) is 8.25. The number of hydrogen-bond donors (Lipinski definition) is 1. The normalized spacial score (nSPS) is 14.2. The molecule has 0 aliphatic rings. The SMILES string of the molecule is CCC(C)C(N)c1nnc(SCC(=O)C(C)(C)C)n1Cc1ccc(C)cc1. The third-order valence-electron chi connectivity index (χ3n) is 4.93. The number of thioether (sulfide) groups is 1. The molecule has 2 N–H and O–H groups in total. The average Bonchev–Trinajstić information content (AvgIpc) is 3.01. The molecule has 2 rings (SSSR count). The number of benzene rings is 1. The van der Waals surface area contributed by atoms with E-state index in [9.17, 15) is 4.79 Å². The Morgan fingerprint density at radius 3 is 2.41 bits per heavy atom. The summed E-state index contributed by atoms with van der Waals surface area (Å²) in [5, 5.41) is 9.51. The predicted octanol–water partition coefficient (Wildman–Crippen LogP) is 4.39. The summed E-state index contributed by atoms with van der Waals surface area (Å²) in [6.45, 7) is 12.8. The maximum Gasteiger partial charge on any atom is 0.192 e. The number of nitrogens with zero attached hydrogens (tertiary/aromatic N) is 3. The topological polar surface area (TPSA) is 73.8 Å². The smallest absolute Gasteiger partial charge is 0.192 e. The lowest BCUT2D eigenvalue weighted by molar-refractivity contribution is -0.123. The largest absolute Gasteiger partial charge is 0.321 e. The van der Waals surface area contributed by atoms with Crippen molar-refractivity contribution in [3.05, 3.63) is 41.2 Å². The first-order chi connectivity index (χ1) is 12.6. The Morgan fingerprint density at radius 2 is 1.85 bits per heavy atom. The van der Waals surface area contributed by atoms with E-state index < -0.39 is 0 Å². The van der Waals surface area contributed by atoms with E-state index >= 15 is 0 Å². The summed E-state index contributed by atoms with van der Waals surface area (Å²) in [4.78, 5) is 12.3. The van der Waals surface area contributed by atoms with Crippen molar-refractivity contribution in [1.29, 1.82) is 0 Å². The van der Waals surface area contributed by atoms with Crippen molar-refractivity contribution in [2.24, 2.45) is 17.1 Å². The van der Waals surface area contributed by atoms with Gasteiger partial charge in [0, 0.05) is 5.41 Å². The van der Waals surface area contributed by atoms with Crippen molar-refractivity contribution in [2.75, 3.05) is 5.75 Å². The van der Waals surface area contributed by atoms with Gasteiger partial charge in [-0.3, -0.25) is 4.79 Å². The first-order valence-corrected chi connectivity index (χ1v) is 10.5. The minimum atomic E-state index is -0.356. The second-order valence-corrected chi connectivity index (χ2v) is 9.23. The van der Waals surface area contributed by atoms with E-state index in [1.807, 2.05) is 20.8 Å². The highest BCUT2D eigenvalue weighted by atomic mass is 32.2. The van der Waals surface area contributed by atoms with Crippen LogP contribution in [0.1, 0.15) is 64.0 Å². The summed E-state index contributed by atoms with van der Waals surface area (Å²) < 4.78 is 2.07. The van der Waals surface area contributed by atoms with Gasteiger partial charge in [-0.1, -0.05) is 82.6 Å². The molecule has 148 valence electrons. The number of aryl methyl sites for hydroxylation is 1. The van der Waals surface area contributed by atoms with Gasteiger partial charge < -0.3 is 10.3 Å². The highest BCUT2D eigenvalue weighted by Gasteiger charge is 2.25. The Balaban J connectivity index is 2.31. The maximum atomic E-state index is 12.3. The molecule has 0 saturated heterocycles. The molecule has 5 nitrogen and oxygen atoms in total. The number of rotatable bonds is 8. The van der Waals surface area contributed by atoms with Crippen LogP contribution in [-0.4, -0.2) is 26.3 Å². The lowest BCUT2D eigenvalue weighted by Gasteiger charge is -2.20. The van der Waals surface area contributed by atoms with E-state index in [0.29, 0.717) is 18.2 Å². The monoisotopic (exact) mass is 388 g/mol. The van der Waals surface area contributed by atoms with Gasteiger partial charge in [-0.25, -0.2) is 0 Å². The molecule has 0 aliphatic carbocycles. The van der Waals surface area contributed by atoms with Gasteiger partial charge in [0.25, 0.3) is 0 Å². The highest BCUT2D eigenvalue weighted by molar-refractivity contribution is 7.99. The first-order valence-electron chi connectivity index (χ1n) is 9.53. The molecule has 0 bridgehead atoms. The van der Waals surface area contributed by atoms with Gasteiger partial charge in [-0.2, -0.15) is 0 Å². The summed E-state index contributed by atoms with van der Waals surface area (Å²) in [7, 11) is 0. The zero-order valence-corrected chi connectivity index (χ0v) is 18.1. The van der Waals surface area contributed by atoms with Crippen LogP contribution in [0, 0.1) is 18.3 Å². The van der Waals surface area contributed by atoms with Crippen LogP contribution in [0.15, 0.2) is 29.4 Å². The van der Waals surface area contributed by atoms with Gasteiger partial charge in [-0.05, 0) is 18.4 Å². The van der Waals surface area contributed by atoms with E-state index in [-0.39, 0.29) is 17.2 Å². The standard InChI is InChI=1S/C21H32N4OS/c1-7-15(3)18(22)19-23-24-20(27-13-17(26)21(4,5)6)25(19)12-16-10-8-14(2)9-11-16/h8-11,15,18H,7,12-13,22H2,1-6H3. The molecular formula is C21H32N4OS. The number of ketones is 1. The number of hydrogen-bond acceptors (Lipinski definition) is 5. The van der Waals surface area contributed by atoms with Crippen molar-refractivity contribution in [3.63, 3.8) is 0 Å². The lowest BCUT2D eigenvalue weighted by Crippen LogP contribution is -2.24. The van der Waals surface area contributed by atoms with E-state index in [2.05, 4.69) is 59.8 Å². The molecular weight excluding hydrogens is 356 g/mol. The number of carbonyl (C=O) groups excluding carboxylic acids is 1. The van der Waals surface area contributed by atoms with Crippen LogP contribution in [-0.2, 0) is 11.3 Å². The molecule has 0 aliphatic heterocycles. The lowest BCUT2D eigenvalue weighted by atomic mass is 9.92. The molecule has 2 atom stereocenters. The van der Waals surface area contributed by atoms with Gasteiger partial charge in [0.1, 0.15) is 5.78 Å². The van der Waals surface area contributed by atoms with E-state index in [4.69, 9.17) is 5.73 Å². The van der Waals surface area contributed by atoms with Crippen LogP contribution in [0.3, 0.4) is 0 Å². The van der Waals surface area contributed by atoms with Gasteiger partial charge in [-0.15, -0.1) is 10.2 Å². The Hall–Kier alpha value is -1.66. The van der Waals surface area contributed by atoms with Crippen LogP contribution >= 0.6 is 11.8 Å². The number of carbonyl (C=O) groups is 1. The molecule has 1 heterocycles. The summed E-state index contributed by atoms with van der Waals surface area (Å²) in [5.41, 5.74) is 8.51. The zero-order valence-electron chi connectivity index (χ0n) is 17.3. The molecule has 2 aromatic rings. The van der Waals surface area contributed by atoms with Crippen molar-refractivity contribution >= 4 is 17.5 Å².